The van der Waals surface area contributed by atoms with Gasteiger partial charge in [-0.15, -0.1) is 11.8 Å². The first-order valence-corrected chi connectivity index (χ1v) is 11.7. The van der Waals surface area contributed by atoms with E-state index in [-0.39, 0.29) is 16.5 Å². The monoisotopic (exact) mass is 501 g/mol. The molecule has 0 bridgehead atoms. The number of rotatable bonds is 4. The van der Waals surface area contributed by atoms with Gasteiger partial charge < -0.3 is 5.32 Å². The lowest BCUT2D eigenvalue weighted by atomic mass is 10.1. The molecule has 0 saturated heterocycles. The Morgan fingerprint density at radius 3 is 2.38 bits per heavy atom. The summed E-state index contributed by atoms with van der Waals surface area (Å²) in [5, 5.41) is 2.93. The number of alkyl halides is 3. The maximum Gasteiger partial charge on any atom is 0.418 e. The van der Waals surface area contributed by atoms with Crippen LogP contribution in [0.5, 0.6) is 0 Å². The number of benzene rings is 3. The minimum Gasteiger partial charge on any atom is -0.325 e. The van der Waals surface area contributed by atoms with Crippen LogP contribution >= 0.6 is 23.4 Å². The molecular formula is C25H19ClF3N3OS. The molecule has 174 valence electrons. The molecule has 9 heteroatoms. The highest BCUT2D eigenvalue weighted by Gasteiger charge is 2.34. The predicted octanol–water partition coefficient (Wildman–Crippen LogP) is 7.59. The van der Waals surface area contributed by atoms with Gasteiger partial charge in [0.25, 0.3) is 0 Å². The molecule has 0 saturated carbocycles. The number of thioether (sulfide) groups is 1. The molecule has 1 heterocycles. The van der Waals surface area contributed by atoms with Crippen molar-refractivity contribution in [2.24, 2.45) is 9.98 Å². The van der Waals surface area contributed by atoms with Crippen molar-refractivity contribution in [2.45, 2.75) is 19.5 Å². The summed E-state index contributed by atoms with van der Waals surface area (Å²) in [7, 11) is 0. The van der Waals surface area contributed by atoms with Crippen LogP contribution in [0.4, 0.5) is 30.2 Å². The lowest BCUT2D eigenvalue weighted by Gasteiger charge is -2.14. The number of carbonyl (C=O) groups is 1. The van der Waals surface area contributed by atoms with Gasteiger partial charge >= 0.3 is 6.18 Å². The number of anilines is 1. The van der Waals surface area contributed by atoms with Gasteiger partial charge in [-0.25, -0.2) is 4.99 Å². The highest BCUT2D eigenvalue weighted by atomic mass is 35.5. The summed E-state index contributed by atoms with van der Waals surface area (Å²) < 4.78 is 40.0. The van der Waals surface area contributed by atoms with Crippen LogP contribution < -0.4 is 5.32 Å². The van der Waals surface area contributed by atoms with Crippen LogP contribution in [0.1, 0.15) is 23.1 Å². The number of aryl methyl sites for hydroxylation is 1. The third-order valence-electron chi connectivity index (χ3n) is 5.02. The molecule has 4 nitrogen and oxygen atoms in total. The van der Waals surface area contributed by atoms with Gasteiger partial charge in [0.2, 0.25) is 5.91 Å². The lowest BCUT2D eigenvalue weighted by molar-refractivity contribution is -0.137. The summed E-state index contributed by atoms with van der Waals surface area (Å²) in [6.07, 6.45) is -4.25. The van der Waals surface area contributed by atoms with Crippen molar-refractivity contribution in [3.05, 3.63) is 88.4 Å². The fourth-order valence-electron chi connectivity index (χ4n) is 3.35. The molecule has 4 rings (SSSR count). The van der Waals surface area contributed by atoms with Gasteiger partial charge in [-0.1, -0.05) is 53.6 Å². The molecular weight excluding hydrogens is 483 g/mol. The topological polar surface area (TPSA) is 53.8 Å². The van der Waals surface area contributed by atoms with E-state index < -0.39 is 17.6 Å². The van der Waals surface area contributed by atoms with Gasteiger partial charge in [-0.05, 0) is 42.8 Å². The summed E-state index contributed by atoms with van der Waals surface area (Å²) in [5.74, 6) is -0.686. The van der Waals surface area contributed by atoms with Gasteiger partial charge in [0.05, 0.1) is 39.1 Å². The Labute approximate surface area is 204 Å². The fraction of sp³-hybridized carbons (Fsp3) is 0.160. The largest absolute Gasteiger partial charge is 0.418 e. The highest BCUT2D eigenvalue weighted by molar-refractivity contribution is 8.14. The Kier molecular flexibility index (Phi) is 7.09. The first-order valence-electron chi connectivity index (χ1n) is 10.3. The number of nitrogens with zero attached hydrogens (tertiary/aromatic N) is 2. The van der Waals surface area contributed by atoms with Crippen LogP contribution in [0, 0.1) is 6.92 Å². The highest BCUT2D eigenvalue weighted by Crippen LogP contribution is 2.37. The maximum atomic E-state index is 13.3. The van der Waals surface area contributed by atoms with Gasteiger partial charge in [-0.2, -0.15) is 13.2 Å². The second-order valence-corrected chi connectivity index (χ2v) is 9.11. The number of halogens is 4. The van der Waals surface area contributed by atoms with Gasteiger partial charge in [0, 0.05) is 11.4 Å². The van der Waals surface area contributed by atoms with Crippen LogP contribution in [0.15, 0.2) is 76.7 Å². The average Bonchev–Trinajstić information content (AvgIpc) is 2.98. The number of hydrogen-bond acceptors (Lipinski definition) is 4. The molecule has 0 fully saturated rings. The predicted molar refractivity (Wildman–Crippen MR) is 133 cm³/mol. The van der Waals surface area contributed by atoms with E-state index in [0.717, 1.165) is 29.0 Å². The number of nitrogens with one attached hydrogen (secondary N) is 1. The van der Waals surface area contributed by atoms with E-state index in [9.17, 15) is 18.0 Å². The van der Waals surface area contributed by atoms with Crippen molar-refractivity contribution < 1.29 is 18.0 Å². The summed E-state index contributed by atoms with van der Waals surface area (Å²) >= 11 is 6.88. The molecule has 1 amide bonds. The molecule has 0 aliphatic carbocycles. The smallest absolute Gasteiger partial charge is 0.325 e. The van der Waals surface area contributed by atoms with Crippen LogP contribution in [-0.2, 0) is 11.0 Å². The van der Waals surface area contributed by atoms with Crippen molar-refractivity contribution in [1.82, 2.24) is 0 Å². The number of hydrogen-bond donors (Lipinski definition) is 1. The van der Waals surface area contributed by atoms with Crippen molar-refractivity contribution in [3.63, 3.8) is 0 Å². The van der Waals surface area contributed by atoms with E-state index in [1.54, 1.807) is 0 Å². The Balaban J connectivity index is 1.53. The van der Waals surface area contributed by atoms with Gasteiger partial charge in [0.15, 0.2) is 0 Å². The Bertz CT molecular complexity index is 1290. The lowest BCUT2D eigenvalue weighted by Crippen LogP contribution is -2.19. The van der Waals surface area contributed by atoms with E-state index in [2.05, 4.69) is 10.3 Å². The molecule has 0 atom stereocenters. The summed E-state index contributed by atoms with van der Waals surface area (Å²) in [5.41, 5.74) is 2.92. The second kappa shape index (κ2) is 10.0. The minimum absolute atomic E-state index is 0.0610. The van der Waals surface area contributed by atoms with Crippen LogP contribution in [-0.4, -0.2) is 22.4 Å². The molecule has 1 N–H and O–H groups in total. The quantitative estimate of drug-likeness (QED) is 0.400. The van der Waals surface area contributed by atoms with E-state index >= 15 is 0 Å². The first-order chi connectivity index (χ1) is 16.2. The number of fused-ring (bicyclic) bond motifs is 1. The summed E-state index contributed by atoms with van der Waals surface area (Å²) in [6.45, 7) is 2.00. The second-order valence-electron chi connectivity index (χ2n) is 7.62. The Hall–Kier alpha value is -3.10. The molecule has 0 unspecified atom stereocenters. The van der Waals surface area contributed by atoms with Crippen LogP contribution in [0.3, 0.4) is 0 Å². The van der Waals surface area contributed by atoms with Crippen molar-refractivity contribution in [3.8, 4) is 0 Å². The number of amides is 1. The third-order valence-corrected chi connectivity index (χ3v) is 6.23. The van der Waals surface area contributed by atoms with E-state index in [1.807, 2.05) is 55.5 Å². The molecule has 3 aromatic rings. The summed E-state index contributed by atoms with van der Waals surface area (Å²) in [6, 6.07) is 18.6. The number of aliphatic imine (C=N–C) groups is 2. The van der Waals surface area contributed by atoms with Crippen LogP contribution in [0.25, 0.3) is 0 Å². The molecule has 1 aliphatic heterocycles. The number of para-hydroxylation sites is 2. The zero-order valence-electron chi connectivity index (χ0n) is 18.0. The van der Waals surface area contributed by atoms with Gasteiger partial charge in [0.1, 0.15) is 0 Å². The average molecular weight is 502 g/mol. The van der Waals surface area contributed by atoms with Crippen molar-refractivity contribution in [1.29, 1.82) is 0 Å². The van der Waals surface area contributed by atoms with Crippen molar-refractivity contribution >= 4 is 57.1 Å². The third kappa shape index (κ3) is 5.87. The first kappa shape index (κ1) is 24.0. The normalized spacial score (nSPS) is 13.4. The van der Waals surface area contributed by atoms with Gasteiger partial charge in [-0.3, -0.25) is 9.79 Å². The molecule has 0 radical (unpaired) electrons. The van der Waals surface area contributed by atoms with E-state index in [0.29, 0.717) is 22.8 Å². The van der Waals surface area contributed by atoms with Crippen LogP contribution in [0.2, 0.25) is 5.02 Å². The fourth-order valence-corrected chi connectivity index (χ4v) is 4.29. The number of carbonyl (C=O) groups excluding carboxylic acids is 1. The Morgan fingerprint density at radius 1 is 1.03 bits per heavy atom. The molecule has 0 aromatic heterocycles. The van der Waals surface area contributed by atoms with E-state index in [4.69, 9.17) is 16.6 Å². The Morgan fingerprint density at radius 2 is 1.71 bits per heavy atom. The molecule has 34 heavy (non-hydrogen) atoms. The zero-order chi connectivity index (χ0) is 24.3. The maximum absolute atomic E-state index is 13.3. The standard InChI is InChI=1S/C25H19ClF3N3OS/c1-15-6-8-16(9-7-15)22-13-24(32-21-5-3-2-4-20(21)30-22)34-14-23(33)31-19-11-10-17(26)12-18(19)25(27,28)29/h2-12H,13-14H2,1H3,(H,31,33). The van der Waals surface area contributed by atoms with E-state index in [1.165, 1.54) is 17.8 Å². The SMILES string of the molecule is Cc1ccc(C2=Nc3ccccc3N=C(SCC(=O)Nc3ccc(Cl)cc3C(F)(F)F)C2)cc1. The minimum atomic E-state index is -4.64. The molecule has 1 aliphatic rings. The van der Waals surface area contributed by atoms with Crippen molar-refractivity contribution in [2.75, 3.05) is 11.1 Å². The zero-order valence-corrected chi connectivity index (χ0v) is 19.6. The molecule has 0 spiro atoms. The summed E-state index contributed by atoms with van der Waals surface area (Å²) in [4.78, 5) is 22.0. The molecule has 3 aromatic carbocycles.